The summed E-state index contributed by atoms with van der Waals surface area (Å²) >= 11 is 0. The molecule has 1 aromatic rings. The van der Waals surface area contributed by atoms with Crippen LogP contribution < -0.4 is 0 Å². The lowest BCUT2D eigenvalue weighted by molar-refractivity contribution is -0.137. The van der Waals surface area contributed by atoms with Crippen molar-refractivity contribution < 1.29 is 24.2 Å². The minimum absolute atomic E-state index is 0.161. The molecule has 7 heteroatoms. The van der Waals surface area contributed by atoms with Gasteiger partial charge in [-0.15, -0.1) is 0 Å². The van der Waals surface area contributed by atoms with Gasteiger partial charge in [-0.3, -0.25) is 14.4 Å². The number of carbonyl (C=O) groups excluding carboxylic acids is 2. The van der Waals surface area contributed by atoms with Crippen LogP contribution in [0.4, 0.5) is 0 Å². The molecule has 0 atom stereocenters. The Morgan fingerprint density at radius 1 is 1.17 bits per heavy atom. The van der Waals surface area contributed by atoms with Gasteiger partial charge in [-0.2, -0.15) is 0 Å². The van der Waals surface area contributed by atoms with E-state index in [1.54, 1.807) is 25.2 Å². The number of methoxy groups -OCH3 is 1. The molecule has 0 heterocycles. The molecule has 0 bridgehead atoms. The largest absolute Gasteiger partial charge is 0.480 e. The standard InChI is InChI=1S/C16H22N2O5/c1-4-17(2)15(21)12-6-5-7-13(10-12)16(22)18(8-9-23-3)11-14(19)20/h5-7,10H,4,8-9,11H2,1-3H3,(H,19,20). The van der Waals surface area contributed by atoms with E-state index in [0.717, 1.165) is 0 Å². The fourth-order valence-electron chi connectivity index (χ4n) is 1.95. The minimum Gasteiger partial charge on any atom is -0.480 e. The smallest absolute Gasteiger partial charge is 0.323 e. The molecule has 2 amide bonds. The van der Waals surface area contributed by atoms with Crippen LogP contribution in [0.3, 0.4) is 0 Å². The normalized spacial score (nSPS) is 10.2. The Morgan fingerprint density at radius 3 is 2.30 bits per heavy atom. The van der Waals surface area contributed by atoms with Crippen molar-refractivity contribution in [3.8, 4) is 0 Å². The molecule has 0 aliphatic heterocycles. The lowest BCUT2D eigenvalue weighted by Gasteiger charge is -2.21. The van der Waals surface area contributed by atoms with Crippen molar-refractivity contribution in [2.75, 3.05) is 40.4 Å². The van der Waals surface area contributed by atoms with Crippen molar-refractivity contribution in [3.05, 3.63) is 35.4 Å². The third kappa shape index (κ3) is 5.37. The summed E-state index contributed by atoms with van der Waals surface area (Å²) in [6, 6.07) is 6.28. The Balaban J connectivity index is 3.00. The van der Waals surface area contributed by atoms with Gasteiger partial charge in [-0.05, 0) is 25.1 Å². The Kier molecular flexibility index (Phi) is 7.21. The number of benzene rings is 1. The van der Waals surface area contributed by atoms with Crippen LogP contribution in [0.2, 0.25) is 0 Å². The Labute approximate surface area is 135 Å². The SMILES string of the molecule is CCN(C)C(=O)c1cccc(C(=O)N(CCOC)CC(=O)O)c1. The van der Waals surface area contributed by atoms with E-state index in [-0.39, 0.29) is 24.6 Å². The maximum atomic E-state index is 12.5. The van der Waals surface area contributed by atoms with Crippen LogP contribution in [0.1, 0.15) is 27.6 Å². The first-order valence-corrected chi connectivity index (χ1v) is 7.26. The molecule has 0 fully saturated rings. The van der Waals surface area contributed by atoms with E-state index in [1.165, 1.54) is 23.0 Å². The van der Waals surface area contributed by atoms with Gasteiger partial charge in [0, 0.05) is 38.4 Å². The molecular formula is C16H22N2O5. The van der Waals surface area contributed by atoms with Crippen LogP contribution in [0.5, 0.6) is 0 Å². The summed E-state index contributed by atoms with van der Waals surface area (Å²) in [5.41, 5.74) is 0.667. The van der Waals surface area contributed by atoms with Crippen molar-refractivity contribution in [2.24, 2.45) is 0 Å². The molecule has 0 radical (unpaired) electrons. The van der Waals surface area contributed by atoms with Gasteiger partial charge < -0.3 is 19.6 Å². The molecule has 0 spiro atoms. The lowest BCUT2D eigenvalue weighted by Crippen LogP contribution is -2.38. The predicted molar refractivity (Wildman–Crippen MR) is 84.5 cm³/mol. The van der Waals surface area contributed by atoms with E-state index in [0.29, 0.717) is 12.1 Å². The number of carboxylic acids is 1. The number of carbonyl (C=O) groups is 3. The van der Waals surface area contributed by atoms with Gasteiger partial charge in [0.05, 0.1) is 6.61 Å². The van der Waals surface area contributed by atoms with Crippen molar-refractivity contribution in [1.82, 2.24) is 9.80 Å². The zero-order chi connectivity index (χ0) is 17.4. The third-order valence-electron chi connectivity index (χ3n) is 3.36. The zero-order valence-electron chi connectivity index (χ0n) is 13.6. The molecular weight excluding hydrogens is 300 g/mol. The molecule has 0 unspecified atom stereocenters. The number of rotatable bonds is 8. The van der Waals surface area contributed by atoms with Crippen LogP contribution in [0.25, 0.3) is 0 Å². The molecule has 23 heavy (non-hydrogen) atoms. The molecule has 0 aromatic heterocycles. The number of carboxylic acid groups (broad SMARTS) is 1. The van der Waals surface area contributed by atoms with E-state index in [4.69, 9.17) is 9.84 Å². The highest BCUT2D eigenvalue weighted by atomic mass is 16.5. The van der Waals surface area contributed by atoms with Crippen molar-refractivity contribution in [3.63, 3.8) is 0 Å². The summed E-state index contributed by atoms with van der Waals surface area (Å²) in [7, 11) is 3.15. The fourth-order valence-corrected chi connectivity index (χ4v) is 1.95. The summed E-state index contributed by atoms with van der Waals surface area (Å²) in [6.07, 6.45) is 0. The van der Waals surface area contributed by atoms with E-state index in [2.05, 4.69) is 0 Å². The second-order valence-corrected chi connectivity index (χ2v) is 5.01. The summed E-state index contributed by atoms with van der Waals surface area (Å²) < 4.78 is 4.90. The second-order valence-electron chi connectivity index (χ2n) is 5.01. The highest BCUT2D eigenvalue weighted by molar-refractivity contribution is 6.00. The van der Waals surface area contributed by atoms with Crippen LogP contribution in [0, 0.1) is 0 Å². The third-order valence-corrected chi connectivity index (χ3v) is 3.36. The topological polar surface area (TPSA) is 87.2 Å². The highest BCUT2D eigenvalue weighted by Crippen LogP contribution is 2.11. The average Bonchev–Trinajstić information content (AvgIpc) is 2.56. The number of nitrogens with zero attached hydrogens (tertiary/aromatic N) is 2. The van der Waals surface area contributed by atoms with E-state index >= 15 is 0 Å². The van der Waals surface area contributed by atoms with Gasteiger partial charge in [0.15, 0.2) is 0 Å². The van der Waals surface area contributed by atoms with E-state index in [9.17, 15) is 14.4 Å². The summed E-state index contributed by atoms with van der Waals surface area (Å²) in [5.74, 6) is -1.74. The van der Waals surface area contributed by atoms with Gasteiger partial charge in [-0.1, -0.05) is 6.07 Å². The molecule has 126 valence electrons. The van der Waals surface area contributed by atoms with Gasteiger partial charge in [0.1, 0.15) is 6.54 Å². The first kappa shape index (κ1) is 18.6. The molecule has 1 aromatic carbocycles. The van der Waals surface area contributed by atoms with Gasteiger partial charge in [0.2, 0.25) is 0 Å². The zero-order valence-corrected chi connectivity index (χ0v) is 13.6. The van der Waals surface area contributed by atoms with E-state index < -0.39 is 18.4 Å². The maximum Gasteiger partial charge on any atom is 0.323 e. The van der Waals surface area contributed by atoms with E-state index in [1.807, 2.05) is 6.92 Å². The summed E-state index contributed by atoms with van der Waals surface area (Å²) in [4.78, 5) is 38.3. The monoisotopic (exact) mass is 322 g/mol. The number of aliphatic carboxylic acids is 1. The van der Waals surface area contributed by atoms with Crippen LogP contribution in [0.15, 0.2) is 24.3 Å². The quantitative estimate of drug-likeness (QED) is 0.770. The van der Waals surface area contributed by atoms with Crippen molar-refractivity contribution >= 4 is 17.8 Å². The number of hydrogen-bond donors (Lipinski definition) is 1. The molecule has 1 N–H and O–H groups in total. The Morgan fingerprint density at radius 2 is 1.78 bits per heavy atom. The lowest BCUT2D eigenvalue weighted by atomic mass is 10.1. The average molecular weight is 322 g/mol. The molecule has 1 rings (SSSR count). The molecule has 0 aliphatic carbocycles. The van der Waals surface area contributed by atoms with Gasteiger partial charge in [0.25, 0.3) is 11.8 Å². The highest BCUT2D eigenvalue weighted by Gasteiger charge is 2.20. The maximum absolute atomic E-state index is 12.5. The summed E-state index contributed by atoms with van der Waals surface area (Å²) in [6.45, 7) is 2.38. The van der Waals surface area contributed by atoms with Crippen molar-refractivity contribution in [2.45, 2.75) is 6.92 Å². The van der Waals surface area contributed by atoms with Crippen molar-refractivity contribution in [1.29, 1.82) is 0 Å². The summed E-state index contributed by atoms with van der Waals surface area (Å²) in [5, 5.41) is 8.93. The molecule has 0 aliphatic rings. The first-order chi connectivity index (χ1) is 10.9. The van der Waals surface area contributed by atoms with Crippen LogP contribution in [-0.4, -0.2) is 73.1 Å². The van der Waals surface area contributed by atoms with Gasteiger partial charge >= 0.3 is 5.97 Å². The minimum atomic E-state index is -1.10. The fraction of sp³-hybridized carbons (Fsp3) is 0.438. The number of ether oxygens (including phenoxy) is 1. The predicted octanol–water partition coefficient (Wildman–Crippen LogP) is 0.952. The molecule has 7 nitrogen and oxygen atoms in total. The Bertz CT molecular complexity index is 573. The molecule has 0 saturated carbocycles. The van der Waals surface area contributed by atoms with Gasteiger partial charge in [-0.25, -0.2) is 0 Å². The van der Waals surface area contributed by atoms with Crippen LogP contribution >= 0.6 is 0 Å². The second kappa shape index (κ2) is 8.89. The first-order valence-electron chi connectivity index (χ1n) is 7.26. The van der Waals surface area contributed by atoms with Crippen LogP contribution in [-0.2, 0) is 9.53 Å². The molecule has 0 saturated heterocycles. The number of hydrogen-bond acceptors (Lipinski definition) is 4. The number of amides is 2. The Hall–Kier alpha value is -2.41.